The maximum atomic E-state index is 12.6. The highest BCUT2D eigenvalue weighted by atomic mass is 35.5. The normalized spacial score (nSPS) is 12.1. The Kier molecular flexibility index (Phi) is 6.12. The van der Waals surface area contributed by atoms with Crippen molar-refractivity contribution in [1.29, 1.82) is 0 Å². The van der Waals surface area contributed by atoms with Crippen LogP contribution in [-0.2, 0) is 6.54 Å². The summed E-state index contributed by atoms with van der Waals surface area (Å²) in [5.74, 6) is 0.523. The first-order valence-corrected chi connectivity index (χ1v) is 10.7. The maximum Gasteiger partial charge on any atom is 0.281 e. The van der Waals surface area contributed by atoms with Gasteiger partial charge in [-0.1, -0.05) is 46.1 Å². The molecule has 0 saturated heterocycles. The smallest absolute Gasteiger partial charge is 0.281 e. The number of carbonyl (C=O) groups is 1. The van der Waals surface area contributed by atoms with Gasteiger partial charge >= 0.3 is 0 Å². The zero-order valence-electron chi connectivity index (χ0n) is 13.1. The van der Waals surface area contributed by atoms with E-state index in [4.69, 9.17) is 34.8 Å². The third kappa shape index (κ3) is 4.23. The van der Waals surface area contributed by atoms with Gasteiger partial charge in [-0.2, -0.15) is 16.8 Å². The fourth-order valence-corrected chi connectivity index (χ4v) is 4.53. The highest BCUT2D eigenvalue weighted by Crippen LogP contribution is 2.24. The molecule has 25 heavy (non-hydrogen) atoms. The zero-order chi connectivity index (χ0) is 18.0. The summed E-state index contributed by atoms with van der Waals surface area (Å²) in [5.41, 5.74) is 1.34. The largest absolute Gasteiger partial charge is 0.316 e. The Morgan fingerprint density at radius 3 is 2.60 bits per heavy atom. The molecule has 0 aliphatic rings. The second kappa shape index (κ2) is 8.14. The van der Waals surface area contributed by atoms with Crippen molar-refractivity contribution in [2.75, 3.05) is 12.0 Å². The number of thiazole rings is 1. The molecule has 130 valence electrons. The molecule has 1 heterocycles. The Hall–Kier alpha value is -0.980. The first kappa shape index (κ1) is 18.8. The van der Waals surface area contributed by atoms with E-state index in [0.29, 0.717) is 25.4 Å². The molecule has 3 nitrogen and oxygen atoms in total. The van der Waals surface area contributed by atoms with E-state index >= 15 is 0 Å². The van der Waals surface area contributed by atoms with Crippen LogP contribution >= 0.6 is 57.9 Å². The van der Waals surface area contributed by atoms with Crippen molar-refractivity contribution in [3.8, 4) is 0 Å². The monoisotopic (exact) mass is 430 g/mol. The highest BCUT2D eigenvalue weighted by molar-refractivity contribution is 7.98. The van der Waals surface area contributed by atoms with Crippen molar-refractivity contribution < 1.29 is 4.79 Å². The molecule has 0 spiro atoms. The molecule has 0 radical (unpaired) electrons. The van der Waals surface area contributed by atoms with Crippen LogP contribution in [0.1, 0.15) is 10.4 Å². The fourth-order valence-electron chi connectivity index (χ4n) is 2.34. The van der Waals surface area contributed by atoms with Crippen molar-refractivity contribution in [2.24, 2.45) is 4.99 Å². The minimum Gasteiger partial charge on any atom is -0.316 e. The lowest BCUT2D eigenvalue weighted by atomic mass is 10.2. The molecule has 0 N–H and O–H groups in total. The van der Waals surface area contributed by atoms with Gasteiger partial charge in [-0.3, -0.25) is 4.79 Å². The van der Waals surface area contributed by atoms with Crippen LogP contribution in [0.2, 0.25) is 15.1 Å². The first-order chi connectivity index (χ1) is 12.0. The van der Waals surface area contributed by atoms with Crippen molar-refractivity contribution >= 4 is 74.0 Å². The van der Waals surface area contributed by atoms with E-state index < -0.39 is 5.91 Å². The molecule has 1 aromatic heterocycles. The van der Waals surface area contributed by atoms with Gasteiger partial charge in [-0.15, -0.1) is 0 Å². The fraction of sp³-hybridized carbons (Fsp3) is 0.176. The molecular weight excluding hydrogens is 419 g/mol. The summed E-state index contributed by atoms with van der Waals surface area (Å²) in [7, 11) is 0. The van der Waals surface area contributed by atoms with E-state index in [1.807, 2.05) is 29.0 Å². The number of aromatic nitrogens is 1. The van der Waals surface area contributed by atoms with Crippen molar-refractivity contribution in [3.05, 3.63) is 61.8 Å². The Labute approximate surface area is 168 Å². The van der Waals surface area contributed by atoms with Gasteiger partial charge in [0, 0.05) is 22.3 Å². The van der Waals surface area contributed by atoms with E-state index in [-0.39, 0.29) is 0 Å². The van der Waals surface area contributed by atoms with E-state index in [1.54, 1.807) is 30.0 Å². The molecule has 3 aromatic rings. The summed E-state index contributed by atoms with van der Waals surface area (Å²) < 4.78 is 3.02. The number of aryl methyl sites for hydroxylation is 1. The summed E-state index contributed by atoms with van der Waals surface area (Å²) in [6.07, 6.45) is 2.04. The van der Waals surface area contributed by atoms with Gasteiger partial charge < -0.3 is 4.57 Å². The first-order valence-electron chi connectivity index (χ1n) is 7.31. The van der Waals surface area contributed by atoms with Gasteiger partial charge in [0.25, 0.3) is 5.91 Å². The summed E-state index contributed by atoms with van der Waals surface area (Å²) in [6, 6.07) is 10.4. The number of rotatable bonds is 4. The molecule has 0 fully saturated rings. The number of benzene rings is 2. The predicted molar refractivity (Wildman–Crippen MR) is 110 cm³/mol. The molecule has 0 unspecified atom stereocenters. The number of carbonyl (C=O) groups excluding carboxylic acids is 1. The average molecular weight is 432 g/mol. The van der Waals surface area contributed by atoms with Crippen LogP contribution in [-0.4, -0.2) is 22.5 Å². The maximum absolute atomic E-state index is 12.6. The standard InChI is InChI=1S/C17H13Cl3N2OS2/c1-24-7-6-22-14-5-3-11(19)9-15(14)25-17(22)21-16(23)12-4-2-10(18)8-13(12)20/h2-5,8-9H,6-7H2,1H3. The van der Waals surface area contributed by atoms with E-state index in [1.165, 1.54) is 11.3 Å². The second-order valence-corrected chi connectivity index (χ2v) is 8.46. The molecule has 0 bridgehead atoms. The highest BCUT2D eigenvalue weighted by Gasteiger charge is 2.12. The Morgan fingerprint density at radius 1 is 1.16 bits per heavy atom. The predicted octanol–water partition coefficient (Wildman–Crippen LogP) is 5.77. The molecule has 1 amide bonds. The zero-order valence-corrected chi connectivity index (χ0v) is 17.0. The quantitative estimate of drug-likeness (QED) is 0.526. The number of amides is 1. The van der Waals surface area contributed by atoms with Gasteiger partial charge in [0.05, 0.1) is 20.8 Å². The third-order valence-electron chi connectivity index (χ3n) is 3.52. The molecule has 0 aliphatic heterocycles. The van der Waals surface area contributed by atoms with Gasteiger partial charge in [-0.05, 0) is 42.7 Å². The lowest BCUT2D eigenvalue weighted by Crippen LogP contribution is -2.18. The number of thioether (sulfide) groups is 1. The Balaban J connectivity index is 2.12. The SMILES string of the molecule is CSCCn1c(=NC(=O)c2ccc(Cl)cc2Cl)sc2cc(Cl)ccc21. The number of nitrogens with zero attached hydrogens (tertiary/aromatic N) is 2. The minimum atomic E-state index is -0.391. The third-order valence-corrected chi connectivity index (χ3v) is 5.94. The molecule has 3 rings (SSSR count). The number of fused-ring (bicyclic) bond motifs is 1. The topological polar surface area (TPSA) is 34.4 Å². The van der Waals surface area contributed by atoms with Crippen molar-refractivity contribution in [1.82, 2.24) is 4.57 Å². The molecule has 2 aromatic carbocycles. The van der Waals surface area contributed by atoms with Crippen LogP contribution in [0.15, 0.2) is 41.4 Å². The van der Waals surface area contributed by atoms with Crippen molar-refractivity contribution in [2.45, 2.75) is 6.54 Å². The summed E-state index contributed by atoms with van der Waals surface area (Å²) in [5, 5.41) is 1.43. The summed E-state index contributed by atoms with van der Waals surface area (Å²) >= 11 is 21.3. The van der Waals surface area contributed by atoms with Gasteiger partial charge in [0.15, 0.2) is 4.80 Å². The number of hydrogen-bond donors (Lipinski definition) is 0. The van der Waals surface area contributed by atoms with Crippen LogP contribution < -0.4 is 4.80 Å². The molecule has 0 aliphatic carbocycles. The second-order valence-electron chi connectivity index (χ2n) is 5.18. The average Bonchev–Trinajstić information content (AvgIpc) is 2.88. The van der Waals surface area contributed by atoms with Crippen LogP contribution in [0, 0.1) is 0 Å². The Morgan fingerprint density at radius 2 is 1.88 bits per heavy atom. The van der Waals surface area contributed by atoms with E-state index in [2.05, 4.69) is 4.99 Å². The lowest BCUT2D eigenvalue weighted by molar-refractivity contribution is 0.0998. The molecule has 0 saturated carbocycles. The summed E-state index contributed by atoms with van der Waals surface area (Å²) in [4.78, 5) is 17.5. The van der Waals surface area contributed by atoms with Crippen LogP contribution in [0.4, 0.5) is 0 Å². The van der Waals surface area contributed by atoms with Crippen LogP contribution in [0.5, 0.6) is 0 Å². The molecule has 8 heteroatoms. The lowest BCUT2D eigenvalue weighted by Gasteiger charge is -2.04. The minimum absolute atomic E-state index is 0.293. The van der Waals surface area contributed by atoms with Crippen LogP contribution in [0.25, 0.3) is 10.2 Å². The van der Waals surface area contributed by atoms with E-state index in [9.17, 15) is 4.79 Å². The molecule has 0 atom stereocenters. The number of hydrogen-bond acceptors (Lipinski definition) is 3. The molecular formula is C17H13Cl3N2OS2. The van der Waals surface area contributed by atoms with Crippen molar-refractivity contribution in [3.63, 3.8) is 0 Å². The van der Waals surface area contributed by atoms with Gasteiger partial charge in [-0.25, -0.2) is 0 Å². The summed E-state index contributed by atoms with van der Waals surface area (Å²) in [6.45, 7) is 0.753. The Bertz CT molecular complexity index is 1010. The van der Waals surface area contributed by atoms with Crippen LogP contribution in [0.3, 0.4) is 0 Å². The van der Waals surface area contributed by atoms with Gasteiger partial charge in [0.2, 0.25) is 0 Å². The van der Waals surface area contributed by atoms with E-state index in [0.717, 1.165) is 22.5 Å². The number of halogens is 3. The van der Waals surface area contributed by atoms with Gasteiger partial charge in [0.1, 0.15) is 0 Å².